The number of carbonyl (C=O) groups excluding carboxylic acids is 2. The van der Waals surface area contributed by atoms with Gasteiger partial charge in [-0.1, -0.05) is 26.0 Å². The van der Waals surface area contributed by atoms with Gasteiger partial charge in [-0.3, -0.25) is 4.79 Å². The third-order valence-electron chi connectivity index (χ3n) is 5.07. The predicted molar refractivity (Wildman–Crippen MR) is 130 cm³/mol. The number of nitrogens with zero attached hydrogens (tertiary/aromatic N) is 1. The van der Waals surface area contributed by atoms with E-state index in [0.29, 0.717) is 22.8 Å². The number of ether oxygens (including phenoxy) is 4. The summed E-state index contributed by atoms with van der Waals surface area (Å²) in [6.45, 7) is 3.67. The molecule has 0 unspecified atom stereocenters. The summed E-state index contributed by atoms with van der Waals surface area (Å²) in [5, 5.41) is 5.36. The molecule has 34 heavy (non-hydrogen) atoms. The molecule has 0 saturated heterocycles. The van der Waals surface area contributed by atoms with Crippen molar-refractivity contribution < 1.29 is 28.5 Å². The molecule has 1 N–H and O–H groups in total. The molecule has 0 fully saturated rings. The van der Waals surface area contributed by atoms with Gasteiger partial charge in [0.25, 0.3) is 5.91 Å². The second-order valence-corrected chi connectivity index (χ2v) is 8.61. The van der Waals surface area contributed by atoms with Crippen molar-refractivity contribution in [1.82, 2.24) is 10.3 Å². The normalized spacial score (nSPS) is 11.6. The summed E-state index contributed by atoms with van der Waals surface area (Å²) in [5.41, 5.74) is 1.80. The van der Waals surface area contributed by atoms with Crippen LogP contribution in [0.3, 0.4) is 0 Å². The van der Waals surface area contributed by atoms with Crippen LogP contribution < -0.4 is 19.5 Å². The van der Waals surface area contributed by atoms with Gasteiger partial charge in [-0.05, 0) is 30.2 Å². The van der Waals surface area contributed by atoms with E-state index in [1.807, 2.05) is 43.5 Å². The zero-order valence-corrected chi connectivity index (χ0v) is 20.6. The van der Waals surface area contributed by atoms with E-state index >= 15 is 0 Å². The van der Waals surface area contributed by atoms with Gasteiger partial charge in [0.1, 0.15) is 34.9 Å². The topological polar surface area (TPSA) is 96.0 Å². The van der Waals surface area contributed by atoms with Crippen molar-refractivity contribution in [3.8, 4) is 27.8 Å². The number of benzene rings is 2. The van der Waals surface area contributed by atoms with Crippen molar-refractivity contribution in [3.63, 3.8) is 0 Å². The SMILES string of the molecule is COc1cc(OC)cc(C(=O)N[C@H](C(=O)OCc2csc(-c3ccccc3OC)n2)C(C)C)c1. The third-order valence-corrected chi connectivity index (χ3v) is 6.00. The maximum absolute atomic E-state index is 12.8. The Kier molecular flexibility index (Phi) is 8.48. The molecule has 1 atom stereocenters. The van der Waals surface area contributed by atoms with Crippen LogP contribution in [-0.4, -0.2) is 44.2 Å². The Morgan fingerprint density at radius 1 is 1.00 bits per heavy atom. The number of thiazole rings is 1. The molecule has 0 aliphatic heterocycles. The smallest absolute Gasteiger partial charge is 0.329 e. The summed E-state index contributed by atoms with van der Waals surface area (Å²) in [6, 6.07) is 11.6. The minimum Gasteiger partial charge on any atom is -0.497 e. The summed E-state index contributed by atoms with van der Waals surface area (Å²) in [4.78, 5) is 30.2. The summed E-state index contributed by atoms with van der Waals surface area (Å²) in [7, 11) is 4.61. The van der Waals surface area contributed by atoms with Gasteiger partial charge >= 0.3 is 5.97 Å². The fraction of sp³-hybridized carbons (Fsp3) is 0.320. The number of hydrogen-bond donors (Lipinski definition) is 1. The minimum absolute atomic E-state index is 0.00342. The van der Waals surface area contributed by atoms with Crippen molar-refractivity contribution >= 4 is 23.2 Å². The highest BCUT2D eigenvalue weighted by Gasteiger charge is 2.27. The van der Waals surface area contributed by atoms with E-state index in [1.165, 1.54) is 25.6 Å². The van der Waals surface area contributed by atoms with Gasteiger partial charge in [-0.25, -0.2) is 9.78 Å². The molecule has 0 spiro atoms. The molecule has 0 aliphatic carbocycles. The predicted octanol–water partition coefficient (Wildman–Crippen LogP) is 4.33. The quantitative estimate of drug-likeness (QED) is 0.428. The molecule has 0 bridgehead atoms. The molecule has 0 saturated carbocycles. The molecule has 0 aliphatic rings. The van der Waals surface area contributed by atoms with E-state index in [0.717, 1.165) is 16.3 Å². The molecule has 3 rings (SSSR count). The number of methoxy groups -OCH3 is 3. The standard InChI is InChI=1S/C25H28N2O6S/c1-15(2)22(27-23(28)16-10-18(30-3)12-19(11-16)31-4)25(29)33-13-17-14-34-24(26-17)20-8-6-7-9-21(20)32-5/h6-12,14-15,22H,13H2,1-5H3,(H,27,28)/t22-/m0/s1. The molecule has 3 aromatic rings. The highest BCUT2D eigenvalue weighted by molar-refractivity contribution is 7.13. The van der Waals surface area contributed by atoms with Crippen LogP contribution in [0.2, 0.25) is 0 Å². The van der Waals surface area contributed by atoms with Crippen molar-refractivity contribution in [2.45, 2.75) is 26.5 Å². The lowest BCUT2D eigenvalue weighted by Gasteiger charge is -2.21. The van der Waals surface area contributed by atoms with E-state index in [9.17, 15) is 9.59 Å². The molecule has 1 amide bonds. The number of amides is 1. The second-order valence-electron chi connectivity index (χ2n) is 7.75. The highest BCUT2D eigenvalue weighted by Crippen LogP contribution is 2.32. The first-order chi connectivity index (χ1) is 16.4. The maximum atomic E-state index is 12.8. The van der Waals surface area contributed by atoms with Crippen LogP contribution in [0.5, 0.6) is 17.2 Å². The molecule has 0 radical (unpaired) electrons. The maximum Gasteiger partial charge on any atom is 0.329 e. The lowest BCUT2D eigenvalue weighted by molar-refractivity contribution is -0.148. The van der Waals surface area contributed by atoms with Gasteiger partial charge in [0.15, 0.2) is 0 Å². The Morgan fingerprint density at radius 2 is 1.68 bits per heavy atom. The number of carbonyl (C=O) groups is 2. The van der Waals surface area contributed by atoms with Crippen LogP contribution in [0.15, 0.2) is 47.8 Å². The van der Waals surface area contributed by atoms with Crippen LogP contribution in [0.1, 0.15) is 29.9 Å². The van der Waals surface area contributed by atoms with Crippen LogP contribution >= 0.6 is 11.3 Å². The van der Waals surface area contributed by atoms with E-state index in [-0.39, 0.29) is 12.5 Å². The van der Waals surface area contributed by atoms with Gasteiger partial charge in [-0.2, -0.15) is 0 Å². The largest absolute Gasteiger partial charge is 0.497 e. The van der Waals surface area contributed by atoms with Gasteiger partial charge < -0.3 is 24.3 Å². The molecule has 1 aromatic heterocycles. The van der Waals surface area contributed by atoms with Crippen molar-refractivity contribution in [1.29, 1.82) is 0 Å². The van der Waals surface area contributed by atoms with Crippen LogP contribution in [0.25, 0.3) is 10.6 Å². The number of rotatable bonds is 10. The van der Waals surface area contributed by atoms with Gasteiger partial charge in [0.2, 0.25) is 0 Å². The van der Waals surface area contributed by atoms with E-state index in [2.05, 4.69) is 10.3 Å². The molecule has 180 valence electrons. The number of nitrogens with one attached hydrogen (secondary N) is 1. The lowest BCUT2D eigenvalue weighted by Crippen LogP contribution is -2.45. The van der Waals surface area contributed by atoms with E-state index < -0.39 is 17.9 Å². The number of esters is 1. The number of para-hydroxylation sites is 1. The Labute approximate surface area is 202 Å². The average Bonchev–Trinajstić information content (AvgIpc) is 3.33. The first-order valence-corrected chi connectivity index (χ1v) is 11.5. The van der Waals surface area contributed by atoms with Gasteiger partial charge in [0.05, 0.1) is 32.6 Å². The number of aromatic nitrogens is 1. The third kappa shape index (κ3) is 6.05. The average molecular weight is 485 g/mol. The first kappa shape index (κ1) is 25.0. The fourth-order valence-electron chi connectivity index (χ4n) is 3.21. The first-order valence-electron chi connectivity index (χ1n) is 10.6. The number of hydrogen-bond acceptors (Lipinski definition) is 8. The van der Waals surface area contributed by atoms with Gasteiger partial charge in [0, 0.05) is 17.0 Å². The van der Waals surface area contributed by atoms with Crippen molar-refractivity contribution in [2.24, 2.45) is 5.92 Å². The summed E-state index contributed by atoms with van der Waals surface area (Å²) < 4.78 is 21.3. The minimum atomic E-state index is -0.836. The second kappa shape index (κ2) is 11.5. The zero-order chi connectivity index (χ0) is 24.7. The molecule has 9 heteroatoms. The summed E-state index contributed by atoms with van der Waals surface area (Å²) >= 11 is 1.44. The molecule has 1 heterocycles. The zero-order valence-electron chi connectivity index (χ0n) is 19.8. The Bertz CT molecular complexity index is 1120. The summed E-state index contributed by atoms with van der Waals surface area (Å²) in [6.07, 6.45) is 0. The summed E-state index contributed by atoms with van der Waals surface area (Å²) in [5.74, 6) is 0.510. The lowest BCUT2D eigenvalue weighted by atomic mass is 10.0. The van der Waals surface area contributed by atoms with Crippen molar-refractivity contribution in [2.75, 3.05) is 21.3 Å². The Hall–Kier alpha value is -3.59. The molecular formula is C25H28N2O6S. The van der Waals surface area contributed by atoms with Crippen molar-refractivity contribution in [3.05, 3.63) is 59.1 Å². The molecular weight excluding hydrogens is 456 g/mol. The van der Waals surface area contributed by atoms with Crippen LogP contribution in [-0.2, 0) is 16.1 Å². The van der Waals surface area contributed by atoms with E-state index in [4.69, 9.17) is 18.9 Å². The molecule has 8 nitrogen and oxygen atoms in total. The highest BCUT2D eigenvalue weighted by atomic mass is 32.1. The van der Waals surface area contributed by atoms with E-state index in [1.54, 1.807) is 25.3 Å². The van der Waals surface area contributed by atoms with Crippen LogP contribution in [0.4, 0.5) is 0 Å². The fourth-order valence-corrected chi connectivity index (χ4v) is 4.05. The monoisotopic (exact) mass is 484 g/mol. The van der Waals surface area contributed by atoms with Crippen LogP contribution in [0, 0.1) is 5.92 Å². The Morgan fingerprint density at radius 3 is 2.29 bits per heavy atom. The Balaban J connectivity index is 1.67. The van der Waals surface area contributed by atoms with Gasteiger partial charge in [-0.15, -0.1) is 11.3 Å². The molecule has 2 aromatic carbocycles.